The molecule has 1 aromatic heterocycles. The first-order valence-electron chi connectivity index (χ1n) is 3.00. The quantitative estimate of drug-likeness (QED) is 0.603. The van der Waals surface area contributed by atoms with Crippen LogP contribution in [0.3, 0.4) is 0 Å². The lowest BCUT2D eigenvalue weighted by Gasteiger charge is -1.90. The summed E-state index contributed by atoms with van der Waals surface area (Å²) in [6.45, 7) is 0. The normalized spacial score (nSPS) is 8.85. The monoisotopic (exact) mass is 195 g/mol. The molecule has 1 rings (SSSR count). The summed E-state index contributed by atoms with van der Waals surface area (Å²) in [4.78, 5) is 10.7. The number of rotatable bonds is 0. The Balaban J connectivity index is 3.52. The van der Waals surface area contributed by atoms with Crippen LogP contribution in [0, 0.1) is 22.7 Å². The van der Waals surface area contributed by atoms with E-state index in [0.29, 0.717) is 4.68 Å². The lowest BCUT2D eigenvalue weighted by Crippen LogP contribution is -2.07. The Morgan fingerprint density at radius 3 is 2.54 bits per heavy atom. The maximum atomic E-state index is 10.7. The molecule has 0 unspecified atom stereocenters. The standard InChI is InChI=1S/C6H2ClN5O/c7-6(13)12-4(2-9)3(1-8)5(10)11-12/h(H2,10,11). The van der Waals surface area contributed by atoms with E-state index in [1.807, 2.05) is 0 Å². The Hall–Kier alpha value is -2.05. The molecule has 0 atom stereocenters. The van der Waals surface area contributed by atoms with E-state index >= 15 is 0 Å². The molecule has 0 spiro atoms. The Morgan fingerprint density at radius 1 is 1.54 bits per heavy atom. The summed E-state index contributed by atoms with van der Waals surface area (Å²) in [5, 5.41) is 19.5. The van der Waals surface area contributed by atoms with Crippen LogP contribution in [0.5, 0.6) is 0 Å². The van der Waals surface area contributed by atoms with Crippen molar-refractivity contribution in [2.45, 2.75) is 0 Å². The molecule has 0 saturated heterocycles. The summed E-state index contributed by atoms with van der Waals surface area (Å²) < 4.78 is 0.579. The van der Waals surface area contributed by atoms with Gasteiger partial charge in [0.15, 0.2) is 11.5 Å². The number of nitriles is 2. The molecule has 1 aromatic rings. The predicted molar refractivity (Wildman–Crippen MR) is 42.7 cm³/mol. The van der Waals surface area contributed by atoms with Crippen molar-refractivity contribution < 1.29 is 4.79 Å². The summed E-state index contributed by atoms with van der Waals surface area (Å²) in [6, 6.07) is 3.26. The minimum absolute atomic E-state index is 0.142. The third kappa shape index (κ3) is 1.31. The Bertz CT molecular complexity index is 449. The first-order chi connectivity index (χ1) is 6.11. The molecule has 0 radical (unpaired) electrons. The largest absolute Gasteiger partial charge is 0.381 e. The van der Waals surface area contributed by atoms with Gasteiger partial charge in [0, 0.05) is 0 Å². The van der Waals surface area contributed by atoms with Crippen LogP contribution in [0.15, 0.2) is 0 Å². The summed E-state index contributed by atoms with van der Waals surface area (Å²) in [7, 11) is 0. The number of nitrogens with zero attached hydrogens (tertiary/aromatic N) is 4. The van der Waals surface area contributed by atoms with Crippen molar-refractivity contribution in [2.24, 2.45) is 0 Å². The zero-order chi connectivity index (χ0) is 10.0. The Labute approximate surface area is 77.7 Å². The minimum Gasteiger partial charge on any atom is -0.381 e. The van der Waals surface area contributed by atoms with Crippen molar-refractivity contribution in [3.05, 3.63) is 11.3 Å². The summed E-state index contributed by atoms with van der Waals surface area (Å²) in [5.74, 6) is -0.187. The van der Waals surface area contributed by atoms with Gasteiger partial charge in [-0.25, -0.2) is 0 Å². The molecule has 0 saturated carbocycles. The average molecular weight is 196 g/mol. The van der Waals surface area contributed by atoms with E-state index in [2.05, 4.69) is 5.10 Å². The molecule has 7 heteroatoms. The maximum Gasteiger partial charge on any atom is 0.342 e. The highest BCUT2D eigenvalue weighted by molar-refractivity contribution is 6.63. The highest BCUT2D eigenvalue weighted by atomic mass is 35.5. The molecule has 1 heterocycles. The number of halogens is 1. The van der Waals surface area contributed by atoms with E-state index in [1.54, 1.807) is 12.1 Å². The van der Waals surface area contributed by atoms with Crippen molar-refractivity contribution in [3.63, 3.8) is 0 Å². The van der Waals surface area contributed by atoms with Crippen molar-refractivity contribution >= 4 is 22.8 Å². The molecule has 0 aromatic carbocycles. The van der Waals surface area contributed by atoms with Gasteiger partial charge in [0.05, 0.1) is 0 Å². The van der Waals surface area contributed by atoms with Gasteiger partial charge in [-0.3, -0.25) is 4.79 Å². The molecule has 6 nitrogen and oxygen atoms in total. The van der Waals surface area contributed by atoms with E-state index in [0.717, 1.165) is 0 Å². The number of anilines is 1. The third-order valence-electron chi connectivity index (χ3n) is 1.30. The van der Waals surface area contributed by atoms with Gasteiger partial charge in [-0.05, 0) is 11.6 Å². The lowest BCUT2D eigenvalue weighted by molar-refractivity contribution is 0.258. The molecule has 0 amide bonds. The first-order valence-corrected chi connectivity index (χ1v) is 3.38. The molecule has 64 valence electrons. The van der Waals surface area contributed by atoms with Crippen molar-refractivity contribution in [1.29, 1.82) is 10.5 Å². The van der Waals surface area contributed by atoms with Crippen LogP contribution in [-0.2, 0) is 0 Å². The van der Waals surface area contributed by atoms with Crippen LogP contribution in [0.2, 0.25) is 0 Å². The van der Waals surface area contributed by atoms with Gasteiger partial charge in [0.25, 0.3) is 0 Å². The van der Waals surface area contributed by atoms with Gasteiger partial charge < -0.3 is 5.73 Å². The third-order valence-corrected chi connectivity index (χ3v) is 1.46. The summed E-state index contributed by atoms with van der Waals surface area (Å²) >= 11 is 5.07. The smallest absolute Gasteiger partial charge is 0.342 e. The van der Waals surface area contributed by atoms with Gasteiger partial charge in [-0.2, -0.15) is 15.2 Å². The predicted octanol–water partition coefficient (Wildman–Crippen LogP) is 0.416. The summed E-state index contributed by atoms with van der Waals surface area (Å²) in [6.07, 6.45) is 0. The van der Waals surface area contributed by atoms with Gasteiger partial charge in [0.2, 0.25) is 0 Å². The Morgan fingerprint density at radius 2 is 2.15 bits per heavy atom. The molecule has 0 fully saturated rings. The second-order valence-corrected chi connectivity index (χ2v) is 2.32. The summed E-state index contributed by atoms with van der Waals surface area (Å²) in [5.41, 5.74) is 4.86. The van der Waals surface area contributed by atoms with Crippen LogP contribution in [0.4, 0.5) is 10.6 Å². The zero-order valence-corrected chi connectivity index (χ0v) is 6.91. The number of aromatic nitrogens is 2. The number of nitrogen functional groups attached to an aromatic ring is 1. The molecular weight excluding hydrogens is 194 g/mol. The molecule has 0 aliphatic carbocycles. The van der Waals surface area contributed by atoms with Gasteiger partial charge in [0.1, 0.15) is 17.7 Å². The molecule has 13 heavy (non-hydrogen) atoms. The topological polar surface area (TPSA) is 108 Å². The lowest BCUT2D eigenvalue weighted by atomic mass is 10.2. The fraction of sp³-hybridized carbons (Fsp3) is 0. The van der Waals surface area contributed by atoms with E-state index in [-0.39, 0.29) is 17.1 Å². The van der Waals surface area contributed by atoms with Crippen LogP contribution < -0.4 is 5.73 Å². The molecular formula is C6H2ClN5O. The van der Waals surface area contributed by atoms with E-state index in [1.165, 1.54) is 0 Å². The molecule has 0 aliphatic heterocycles. The Kier molecular flexibility index (Phi) is 2.18. The van der Waals surface area contributed by atoms with Crippen LogP contribution in [0.25, 0.3) is 0 Å². The van der Waals surface area contributed by atoms with E-state index in [9.17, 15) is 4.79 Å². The molecule has 2 N–H and O–H groups in total. The van der Waals surface area contributed by atoms with Crippen molar-refractivity contribution in [3.8, 4) is 12.1 Å². The van der Waals surface area contributed by atoms with E-state index < -0.39 is 5.37 Å². The fourth-order valence-corrected chi connectivity index (χ4v) is 0.898. The van der Waals surface area contributed by atoms with Crippen LogP contribution >= 0.6 is 11.6 Å². The highest BCUT2D eigenvalue weighted by Crippen LogP contribution is 2.14. The molecule has 0 bridgehead atoms. The second-order valence-electron chi connectivity index (χ2n) is 2.00. The van der Waals surface area contributed by atoms with Crippen LogP contribution in [-0.4, -0.2) is 15.1 Å². The van der Waals surface area contributed by atoms with Crippen LogP contribution in [0.1, 0.15) is 11.3 Å². The fourth-order valence-electron chi connectivity index (χ4n) is 0.776. The maximum absolute atomic E-state index is 10.7. The molecule has 0 aliphatic rings. The second kappa shape index (κ2) is 3.13. The minimum atomic E-state index is -0.982. The average Bonchev–Trinajstić information content (AvgIpc) is 2.41. The number of nitrogens with two attached hydrogens (primary N) is 1. The number of hydrogen-bond acceptors (Lipinski definition) is 5. The van der Waals surface area contributed by atoms with Gasteiger partial charge in [-0.15, -0.1) is 5.10 Å². The number of carbonyl (C=O) groups excluding carboxylic acids is 1. The number of carbonyl (C=O) groups is 1. The van der Waals surface area contributed by atoms with Gasteiger partial charge >= 0.3 is 5.37 Å². The van der Waals surface area contributed by atoms with Crippen molar-refractivity contribution in [1.82, 2.24) is 9.78 Å². The zero-order valence-electron chi connectivity index (χ0n) is 6.15. The number of hydrogen-bond donors (Lipinski definition) is 1. The van der Waals surface area contributed by atoms with Crippen molar-refractivity contribution in [2.75, 3.05) is 5.73 Å². The SMILES string of the molecule is N#Cc1c(N)nn(C(=O)Cl)c1C#N. The highest BCUT2D eigenvalue weighted by Gasteiger charge is 2.18. The van der Waals surface area contributed by atoms with Gasteiger partial charge in [-0.1, -0.05) is 0 Å². The van der Waals surface area contributed by atoms with E-state index in [4.69, 9.17) is 27.9 Å². The first kappa shape index (κ1) is 9.04.